The van der Waals surface area contributed by atoms with Gasteiger partial charge in [-0.1, -0.05) is 25.1 Å². The zero-order chi connectivity index (χ0) is 15.9. The molecule has 0 aliphatic heterocycles. The first-order chi connectivity index (χ1) is 10.6. The van der Waals surface area contributed by atoms with E-state index in [1.54, 1.807) is 6.07 Å². The topological polar surface area (TPSA) is 64.3 Å². The van der Waals surface area contributed by atoms with Crippen molar-refractivity contribution in [3.05, 3.63) is 53.6 Å². The monoisotopic (exact) mass is 298 g/mol. The molecule has 4 heteroatoms. The van der Waals surface area contributed by atoms with E-state index in [1.165, 1.54) is 0 Å². The Morgan fingerprint density at radius 3 is 2.77 bits per heavy atom. The zero-order valence-electron chi connectivity index (χ0n) is 13.1. The molecule has 2 aromatic carbocycles. The molecule has 0 aliphatic carbocycles. The Morgan fingerprint density at radius 1 is 1.23 bits per heavy atom. The Hall–Kier alpha value is -2.49. The van der Waals surface area contributed by atoms with Crippen molar-refractivity contribution < 1.29 is 9.53 Å². The minimum absolute atomic E-state index is 0.0872. The lowest BCUT2D eigenvalue weighted by atomic mass is 10.1. The number of hydrogen-bond donors (Lipinski definition) is 2. The van der Waals surface area contributed by atoms with Crippen LogP contribution in [0.5, 0.6) is 5.75 Å². The maximum atomic E-state index is 12.2. The van der Waals surface area contributed by atoms with Gasteiger partial charge in [0.15, 0.2) is 0 Å². The van der Waals surface area contributed by atoms with Gasteiger partial charge in [0.25, 0.3) is 0 Å². The second-order valence-electron chi connectivity index (χ2n) is 5.32. The average molecular weight is 298 g/mol. The van der Waals surface area contributed by atoms with Crippen molar-refractivity contribution >= 4 is 17.3 Å². The van der Waals surface area contributed by atoms with Gasteiger partial charge in [0.1, 0.15) is 5.75 Å². The smallest absolute Gasteiger partial charge is 0.228 e. The van der Waals surface area contributed by atoms with Crippen LogP contribution in [-0.4, -0.2) is 12.5 Å². The van der Waals surface area contributed by atoms with E-state index in [-0.39, 0.29) is 12.3 Å². The van der Waals surface area contributed by atoms with Gasteiger partial charge >= 0.3 is 0 Å². The maximum absolute atomic E-state index is 12.2. The summed E-state index contributed by atoms with van der Waals surface area (Å²) in [5.41, 5.74) is 9.08. The number of benzene rings is 2. The van der Waals surface area contributed by atoms with E-state index in [4.69, 9.17) is 10.5 Å². The van der Waals surface area contributed by atoms with E-state index in [0.29, 0.717) is 23.7 Å². The zero-order valence-corrected chi connectivity index (χ0v) is 13.1. The van der Waals surface area contributed by atoms with Crippen LogP contribution in [0, 0.1) is 6.92 Å². The largest absolute Gasteiger partial charge is 0.491 e. The third-order valence-electron chi connectivity index (χ3n) is 3.19. The van der Waals surface area contributed by atoms with Crippen molar-refractivity contribution in [2.45, 2.75) is 26.7 Å². The lowest BCUT2D eigenvalue weighted by Crippen LogP contribution is -2.15. The minimum Gasteiger partial charge on any atom is -0.491 e. The highest BCUT2D eigenvalue weighted by atomic mass is 16.5. The van der Waals surface area contributed by atoms with Crippen LogP contribution >= 0.6 is 0 Å². The molecule has 0 radical (unpaired) electrons. The first-order valence-electron chi connectivity index (χ1n) is 7.46. The van der Waals surface area contributed by atoms with Gasteiger partial charge in [-0.3, -0.25) is 4.79 Å². The van der Waals surface area contributed by atoms with Crippen molar-refractivity contribution in [3.8, 4) is 5.75 Å². The molecule has 3 N–H and O–H groups in total. The van der Waals surface area contributed by atoms with Crippen LogP contribution in [0.4, 0.5) is 11.4 Å². The summed E-state index contributed by atoms with van der Waals surface area (Å²) >= 11 is 0. The molecule has 0 bridgehead atoms. The van der Waals surface area contributed by atoms with E-state index in [0.717, 1.165) is 17.5 Å². The van der Waals surface area contributed by atoms with Crippen LogP contribution < -0.4 is 15.8 Å². The fourth-order valence-corrected chi connectivity index (χ4v) is 2.15. The molecule has 0 saturated heterocycles. The van der Waals surface area contributed by atoms with Gasteiger partial charge in [-0.15, -0.1) is 0 Å². The summed E-state index contributed by atoms with van der Waals surface area (Å²) in [6.07, 6.45) is 1.21. The Kier molecular flexibility index (Phi) is 5.42. The fourth-order valence-electron chi connectivity index (χ4n) is 2.15. The predicted molar refractivity (Wildman–Crippen MR) is 90.2 cm³/mol. The Labute approximate surface area is 131 Å². The molecule has 116 valence electrons. The van der Waals surface area contributed by atoms with E-state index in [2.05, 4.69) is 5.32 Å². The lowest BCUT2D eigenvalue weighted by molar-refractivity contribution is -0.115. The van der Waals surface area contributed by atoms with Crippen LogP contribution in [0.3, 0.4) is 0 Å². The number of nitrogens with one attached hydrogen (secondary N) is 1. The summed E-state index contributed by atoms with van der Waals surface area (Å²) in [7, 11) is 0. The molecule has 1 amide bonds. The lowest BCUT2D eigenvalue weighted by Gasteiger charge is -2.13. The number of carbonyl (C=O) groups excluding carboxylic acids is 1. The summed E-state index contributed by atoms with van der Waals surface area (Å²) in [4.78, 5) is 12.2. The van der Waals surface area contributed by atoms with Crippen LogP contribution in [0.25, 0.3) is 0 Å². The number of nitrogen functional groups attached to an aromatic ring is 1. The number of anilines is 2. The predicted octanol–water partition coefficient (Wildman–Crippen LogP) is 3.55. The molecule has 0 atom stereocenters. The summed E-state index contributed by atoms with van der Waals surface area (Å²) < 4.78 is 5.70. The van der Waals surface area contributed by atoms with Crippen LogP contribution in [0.1, 0.15) is 24.5 Å². The highest BCUT2D eigenvalue weighted by molar-refractivity contribution is 5.93. The Bertz CT molecular complexity index is 653. The van der Waals surface area contributed by atoms with Gasteiger partial charge in [-0.25, -0.2) is 0 Å². The second-order valence-corrected chi connectivity index (χ2v) is 5.32. The summed E-state index contributed by atoms with van der Waals surface area (Å²) in [6, 6.07) is 13.1. The molecule has 0 fully saturated rings. The van der Waals surface area contributed by atoms with E-state index in [9.17, 15) is 4.79 Å². The number of rotatable bonds is 6. The molecule has 0 heterocycles. The van der Waals surface area contributed by atoms with Gasteiger partial charge in [0.2, 0.25) is 5.91 Å². The highest BCUT2D eigenvalue weighted by Gasteiger charge is 2.09. The number of ether oxygens (including phenoxy) is 1. The van der Waals surface area contributed by atoms with Crippen molar-refractivity contribution in [1.82, 2.24) is 0 Å². The number of carbonyl (C=O) groups is 1. The molecule has 4 nitrogen and oxygen atoms in total. The fraction of sp³-hybridized carbons (Fsp3) is 0.278. The van der Waals surface area contributed by atoms with Crippen molar-refractivity contribution in [2.75, 3.05) is 17.7 Å². The first kappa shape index (κ1) is 15.9. The molecule has 0 aromatic heterocycles. The van der Waals surface area contributed by atoms with Crippen molar-refractivity contribution in [2.24, 2.45) is 0 Å². The molecule has 0 aliphatic rings. The molecular formula is C18H22N2O2. The van der Waals surface area contributed by atoms with Gasteiger partial charge in [-0.05, 0) is 48.7 Å². The number of amides is 1. The number of nitrogens with two attached hydrogens (primary N) is 1. The van der Waals surface area contributed by atoms with E-state index >= 15 is 0 Å². The number of aryl methyl sites for hydroxylation is 1. The third-order valence-corrected chi connectivity index (χ3v) is 3.19. The normalized spacial score (nSPS) is 10.3. The molecule has 0 spiro atoms. The van der Waals surface area contributed by atoms with Crippen LogP contribution in [-0.2, 0) is 11.2 Å². The standard InChI is InChI=1S/C18H22N2O2/c1-3-9-22-17-10-13(2)7-8-16(17)20-18(21)12-14-5-4-6-15(19)11-14/h4-8,10-11H,3,9,12,19H2,1-2H3,(H,20,21). The molecule has 2 rings (SSSR count). The number of hydrogen-bond acceptors (Lipinski definition) is 3. The summed E-state index contributed by atoms with van der Waals surface area (Å²) in [5, 5.41) is 2.91. The van der Waals surface area contributed by atoms with E-state index < -0.39 is 0 Å². The molecular weight excluding hydrogens is 276 g/mol. The summed E-state index contributed by atoms with van der Waals surface area (Å²) in [5.74, 6) is 0.624. The Morgan fingerprint density at radius 2 is 2.05 bits per heavy atom. The van der Waals surface area contributed by atoms with Gasteiger partial charge in [0, 0.05) is 5.69 Å². The van der Waals surface area contributed by atoms with Gasteiger partial charge in [-0.2, -0.15) is 0 Å². The molecule has 0 saturated carbocycles. The van der Waals surface area contributed by atoms with Crippen molar-refractivity contribution in [1.29, 1.82) is 0 Å². The quantitative estimate of drug-likeness (QED) is 0.802. The van der Waals surface area contributed by atoms with E-state index in [1.807, 2.05) is 50.2 Å². The Balaban J connectivity index is 2.07. The molecule has 2 aromatic rings. The first-order valence-corrected chi connectivity index (χ1v) is 7.46. The molecule has 22 heavy (non-hydrogen) atoms. The highest BCUT2D eigenvalue weighted by Crippen LogP contribution is 2.26. The van der Waals surface area contributed by atoms with Gasteiger partial charge in [0.05, 0.1) is 18.7 Å². The van der Waals surface area contributed by atoms with Crippen LogP contribution in [0.2, 0.25) is 0 Å². The minimum atomic E-state index is -0.0872. The third kappa shape index (κ3) is 4.52. The SMILES string of the molecule is CCCOc1cc(C)ccc1NC(=O)Cc1cccc(N)c1. The molecule has 0 unspecified atom stereocenters. The average Bonchev–Trinajstić information content (AvgIpc) is 2.47. The van der Waals surface area contributed by atoms with Crippen LogP contribution in [0.15, 0.2) is 42.5 Å². The van der Waals surface area contributed by atoms with Gasteiger partial charge < -0.3 is 15.8 Å². The second kappa shape index (κ2) is 7.50. The van der Waals surface area contributed by atoms with Crippen molar-refractivity contribution in [3.63, 3.8) is 0 Å². The maximum Gasteiger partial charge on any atom is 0.228 e. The summed E-state index contributed by atoms with van der Waals surface area (Å²) in [6.45, 7) is 4.67.